The third kappa shape index (κ3) is 2.72. The second kappa shape index (κ2) is 4.95. The Morgan fingerprint density at radius 3 is 2.68 bits per heavy atom. The lowest BCUT2D eigenvalue weighted by atomic mass is 10.1. The van der Waals surface area contributed by atoms with Crippen LogP contribution in [0.15, 0.2) is 6.07 Å². The summed E-state index contributed by atoms with van der Waals surface area (Å²) in [6, 6.07) is 1.58. The SMILES string of the molecule is Cc1cc(NC(=O)N2CC(C)CC2C)c(C(=O)O)[nH]1. The monoisotopic (exact) mass is 265 g/mol. The highest BCUT2D eigenvalue weighted by atomic mass is 16.4. The van der Waals surface area contributed by atoms with Gasteiger partial charge in [-0.2, -0.15) is 0 Å². The number of carboxylic acids is 1. The second-order valence-electron chi connectivity index (χ2n) is 5.32. The lowest BCUT2D eigenvalue weighted by Gasteiger charge is -2.21. The van der Waals surface area contributed by atoms with Crippen molar-refractivity contribution in [1.29, 1.82) is 0 Å². The Morgan fingerprint density at radius 2 is 2.16 bits per heavy atom. The van der Waals surface area contributed by atoms with E-state index in [0.717, 1.165) is 6.42 Å². The number of hydrogen-bond acceptors (Lipinski definition) is 2. The Labute approximate surface area is 111 Å². The van der Waals surface area contributed by atoms with Crippen molar-refractivity contribution in [2.45, 2.75) is 33.2 Å². The highest BCUT2D eigenvalue weighted by Gasteiger charge is 2.30. The summed E-state index contributed by atoms with van der Waals surface area (Å²) >= 11 is 0. The molecule has 2 atom stereocenters. The molecule has 2 heterocycles. The zero-order chi connectivity index (χ0) is 14.2. The summed E-state index contributed by atoms with van der Waals surface area (Å²) in [5.74, 6) is -0.598. The van der Waals surface area contributed by atoms with Gasteiger partial charge in [0.1, 0.15) is 5.69 Å². The fourth-order valence-corrected chi connectivity index (χ4v) is 2.63. The van der Waals surface area contributed by atoms with Gasteiger partial charge in [0.2, 0.25) is 0 Å². The Hall–Kier alpha value is -1.98. The predicted octanol–water partition coefficient (Wildman–Crippen LogP) is 2.28. The standard InChI is InChI=1S/C13H19N3O3/c1-7-4-9(3)16(6-7)13(19)15-10-5-8(2)14-11(10)12(17)18/h5,7,9,14H,4,6H2,1-3H3,(H,15,19)(H,17,18). The van der Waals surface area contributed by atoms with E-state index in [1.165, 1.54) is 0 Å². The van der Waals surface area contributed by atoms with Gasteiger partial charge in [0.15, 0.2) is 0 Å². The number of aromatic carboxylic acids is 1. The molecule has 2 unspecified atom stereocenters. The van der Waals surface area contributed by atoms with Gasteiger partial charge < -0.3 is 20.3 Å². The molecular weight excluding hydrogens is 246 g/mol. The molecule has 6 nitrogen and oxygen atoms in total. The number of amides is 2. The van der Waals surface area contributed by atoms with Crippen LogP contribution in [0.2, 0.25) is 0 Å². The number of rotatable bonds is 2. The maximum atomic E-state index is 12.2. The summed E-state index contributed by atoms with van der Waals surface area (Å²) < 4.78 is 0. The van der Waals surface area contributed by atoms with Crippen LogP contribution in [0.1, 0.15) is 36.5 Å². The molecule has 19 heavy (non-hydrogen) atoms. The molecule has 104 valence electrons. The van der Waals surface area contributed by atoms with Crippen LogP contribution in [0.3, 0.4) is 0 Å². The van der Waals surface area contributed by atoms with Crippen LogP contribution in [-0.4, -0.2) is 39.6 Å². The minimum atomic E-state index is -1.08. The Balaban J connectivity index is 2.13. The molecule has 0 radical (unpaired) electrons. The molecule has 2 amide bonds. The molecule has 3 N–H and O–H groups in total. The van der Waals surface area contributed by atoms with Gasteiger partial charge in [-0.15, -0.1) is 0 Å². The van der Waals surface area contributed by atoms with Crippen LogP contribution in [0.25, 0.3) is 0 Å². The third-order valence-corrected chi connectivity index (χ3v) is 3.45. The second-order valence-corrected chi connectivity index (χ2v) is 5.32. The van der Waals surface area contributed by atoms with Crippen LogP contribution in [-0.2, 0) is 0 Å². The number of aromatic nitrogens is 1. The van der Waals surface area contributed by atoms with E-state index in [2.05, 4.69) is 17.2 Å². The number of nitrogens with one attached hydrogen (secondary N) is 2. The average Bonchev–Trinajstić information content (AvgIpc) is 2.81. The molecular formula is C13H19N3O3. The highest BCUT2D eigenvalue weighted by Crippen LogP contribution is 2.24. The quantitative estimate of drug-likeness (QED) is 0.766. The van der Waals surface area contributed by atoms with Gasteiger partial charge >= 0.3 is 12.0 Å². The van der Waals surface area contributed by atoms with Gasteiger partial charge in [-0.3, -0.25) is 0 Å². The number of carbonyl (C=O) groups is 2. The van der Waals surface area contributed by atoms with E-state index in [-0.39, 0.29) is 17.8 Å². The lowest BCUT2D eigenvalue weighted by molar-refractivity contribution is 0.0692. The normalized spacial score (nSPS) is 22.6. The van der Waals surface area contributed by atoms with Gasteiger partial charge in [-0.1, -0.05) is 6.92 Å². The van der Waals surface area contributed by atoms with Crippen LogP contribution in [0.5, 0.6) is 0 Å². The smallest absolute Gasteiger partial charge is 0.354 e. The third-order valence-electron chi connectivity index (χ3n) is 3.45. The van der Waals surface area contributed by atoms with Crippen molar-refractivity contribution < 1.29 is 14.7 Å². The first-order chi connectivity index (χ1) is 8.88. The number of aromatic amines is 1. The van der Waals surface area contributed by atoms with E-state index in [9.17, 15) is 9.59 Å². The highest BCUT2D eigenvalue weighted by molar-refractivity contribution is 5.99. The molecule has 0 spiro atoms. The van der Waals surface area contributed by atoms with Crippen LogP contribution in [0.4, 0.5) is 10.5 Å². The Morgan fingerprint density at radius 1 is 1.47 bits per heavy atom. The van der Waals surface area contributed by atoms with Crippen molar-refractivity contribution in [2.75, 3.05) is 11.9 Å². The number of nitrogens with zero attached hydrogens (tertiary/aromatic N) is 1. The first-order valence-corrected chi connectivity index (χ1v) is 6.39. The number of aryl methyl sites for hydroxylation is 1. The molecule has 1 aliphatic rings. The number of urea groups is 1. The molecule has 2 rings (SSSR count). The summed E-state index contributed by atoms with van der Waals surface area (Å²) in [5, 5.41) is 11.7. The van der Waals surface area contributed by atoms with Crippen molar-refractivity contribution in [3.8, 4) is 0 Å². The maximum Gasteiger partial charge on any atom is 0.354 e. The van der Waals surface area contributed by atoms with Crippen LogP contribution in [0, 0.1) is 12.8 Å². The van der Waals surface area contributed by atoms with Crippen molar-refractivity contribution >= 4 is 17.7 Å². The Kier molecular flexibility index (Phi) is 3.50. The number of anilines is 1. The fourth-order valence-electron chi connectivity index (χ4n) is 2.63. The van der Waals surface area contributed by atoms with E-state index in [0.29, 0.717) is 23.8 Å². The van der Waals surface area contributed by atoms with Crippen molar-refractivity contribution in [2.24, 2.45) is 5.92 Å². The van der Waals surface area contributed by atoms with Gasteiger partial charge in [-0.05, 0) is 32.3 Å². The van der Waals surface area contributed by atoms with Gasteiger partial charge in [0.05, 0.1) is 5.69 Å². The number of H-pyrrole nitrogens is 1. The molecule has 1 aliphatic heterocycles. The summed E-state index contributed by atoms with van der Waals surface area (Å²) in [7, 11) is 0. The van der Waals surface area contributed by atoms with E-state index >= 15 is 0 Å². The van der Waals surface area contributed by atoms with Crippen LogP contribution < -0.4 is 5.32 Å². The first-order valence-electron chi connectivity index (χ1n) is 6.39. The summed E-state index contributed by atoms with van der Waals surface area (Å²) in [6.07, 6.45) is 0.978. The molecule has 0 bridgehead atoms. The molecule has 0 aliphatic carbocycles. The summed E-state index contributed by atoms with van der Waals surface area (Å²) in [4.78, 5) is 27.7. The van der Waals surface area contributed by atoms with Crippen LogP contribution >= 0.6 is 0 Å². The molecule has 6 heteroatoms. The summed E-state index contributed by atoms with van der Waals surface area (Å²) in [6.45, 7) is 6.57. The number of hydrogen-bond donors (Lipinski definition) is 3. The van der Waals surface area contributed by atoms with E-state index in [4.69, 9.17) is 5.11 Å². The van der Waals surface area contributed by atoms with E-state index < -0.39 is 5.97 Å². The largest absolute Gasteiger partial charge is 0.477 e. The zero-order valence-corrected chi connectivity index (χ0v) is 11.4. The molecule has 1 fully saturated rings. The minimum absolute atomic E-state index is 0.0192. The fraction of sp³-hybridized carbons (Fsp3) is 0.538. The van der Waals surface area contributed by atoms with Crippen molar-refractivity contribution in [3.63, 3.8) is 0 Å². The predicted molar refractivity (Wildman–Crippen MR) is 71.5 cm³/mol. The molecule has 0 aromatic carbocycles. The number of carboxylic acid groups (broad SMARTS) is 1. The van der Waals surface area contributed by atoms with Crippen molar-refractivity contribution in [1.82, 2.24) is 9.88 Å². The molecule has 0 saturated carbocycles. The lowest BCUT2D eigenvalue weighted by Crippen LogP contribution is -2.37. The first kappa shape index (κ1) is 13.5. The molecule has 1 saturated heterocycles. The minimum Gasteiger partial charge on any atom is -0.477 e. The Bertz CT molecular complexity index is 509. The van der Waals surface area contributed by atoms with Gasteiger partial charge in [-0.25, -0.2) is 9.59 Å². The molecule has 1 aromatic rings. The zero-order valence-electron chi connectivity index (χ0n) is 11.4. The van der Waals surface area contributed by atoms with Crippen molar-refractivity contribution in [3.05, 3.63) is 17.5 Å². The number of likely N-dealkylation sites (tertiary alicyclic amines) is 1. The number of carbonyl (C=O) groups excluding carboxylic acids is 1. The maximum absolute atomic E-state index is 12.2. The van der Waals surface area contributed by atoms with Gasteiger partial charge in [0, 0.05) is 18.3 Å². The van der Waals surface area contributed by atoms with E-state index in [1.54, 1.807) is 17.9 Å². The average molecular weight is 265 g/mol. The van der Waals surface area contributed by atoms with E-state index in [1.807, 2.05) is 6.92 Å². The van der Waals surface area contributed by atoms with Gasteiger partial charge in [0.25, 0.3) is 0 Å². The topological polar surface area (TPSA) is 85.4 Å². The molecule has 1 aromatic heterocycles. The summed E-state index contributed by atoms with van der Waals surface area (Å²) in [5.41, 5.74) is 1.04.